The van der Waals surface area contributed by atoms with E-state index in [-0.39, 0.29) is 11.5 Å². The molecule has 1 atom stereocenters. The lowest BCUT2D eigenvalue weighted by Gasteiger charge is -2.17. The van der Waals surface area contributed by atoms with Crippen LogP contribution in [0.5, 0.6) is 0 Å². The molecule has 1 unspecified atom stereocenters. The Bertz CT molecular complexity index is 412. The lowest BCUT2D eigenvalue weighted by atomic mass is 9.88. The number of alkyl halides is 3. The Morgan fingerprint density at radius 3 is 2.35 bits per heavy atom. The van der Waals surface area contributed by atoms with Gasteiger partial charge in [0.25, 0.3) is 0 Å². The molecule has 1 rings (SSSR count). The van der Waals surface area contributed by atoms with Crippen LogP contribution in [-0.4, -0.2) is 10.8 Å². The monoisotopic (exact) mass is 245 g/mol. The number of rotatable bonds is 3. The van der Waals surface area contributed by atoms with Gasteiger partial charge in [-0.1, -0.05) is 20.8 Å². The maximum atomic E-state index is 12.7. The molecule has 0 N–H and O–H groups in total. The van der Waals surface area contributed by atoms with Crippen LogP contribution >= 0.6 is 0 Å². The number of carbonyl (C=O) groups excluding carboxylic acids is 1. The standard InChI is InChI=1S/C12H14F3NO/c1-7(2)8(3)11(17)9-6-16-5-4-10(9)12(13,14)15/h4-8H,1-3H3. The molecule has 0 saturated carbocycles. The number of Topliss-reactive ketones (excluding diaryl/α,β-unsaturated/α-hetero) is 1. The van der Waals surface area contributed by atoms with Crippen LogP contribution in [0.3, 0.4) is 0 Å². The van der Waals surface area contributed by atoms with Crippen LogP contribution in [0.2, 0.25) is 0 Å². The summed E-state index contributed by atoms with van der Waals surface area (Å²) in [5, 5.41) is 0. The number of hydrogen-bond donors (Lipinski definition) is 0. The van der Waals surface area contributed by atoms with Crippen LogP contribution in [0, 0.1) is 11.8 Å². The van der Waals surface area contributed by atoms with Gasteiger partial charge in [-0.3, -0.25) is 9.78 Å². The summed E-state index contributed by atoms with van der Waals surface area (Å²) in [4.78, 5) is 15.5. The molecule has 5 heteroatoms. The highest BCUT2D eigenvalue weighted by Gasteiger charge is 2.36. The normalized spacial score (nSPS) is 13.8. The minimum Gasteiger partial charge on any atom is -0.294 e. The summed E-state index contributed by atoms with van der Waals surface area (Å²) in [7, 11) is 0. The fraction of sp³-hybridized carbons (Fsp3) is 0.500. The van der Waals surface area contributed by atoms with E-state index in [0.29, 0.717) is 0 Å². The first-order valence-electron chi connectivity index (χ1n) is 5.30. The zero-order chi connectivity index (χ0) is 13.2. The molecule has 0 radical (unpaired) electrons. The van der Waals surface area contributed by atoms with E-state index in [1.807, 2.05) is 0 Å². The third-order valence-electron chi connectivity index (χ3n) is 2.81. The largest absolute Gasteiger partial charge is 0.417 e. The van der Waals surface area contributed by atoms with Crippen LogP contribution in [0.15, 0.2) is 18.5 Å². The van der Waals surface area contributed by atoms with Crippen molar-refractivity contribution in [3.63, 3.8) is 0 Å². The predicted molar refractivity (Wildman–Crippen MR) is 57.6 cm³/mol. The third-order valence-corrected chi connectivity index (χ3v) is 2.81. The van der Waals surface area contributed by atoms with Crippen molar-refractivity contribution in [3.05, 3.63) is 29.6 Å². The van der Waals surface area contributed by atoms with E-state index in [4.69, 9.17) is 0 Å². The van der Waals surface area contributed by atoms with Gasteiger partial charge in [0.1, 0.15) is 0 Å². The van der Waals surface area contributed by atoms with Crippen molar-refractivity contribution in [3.8, 4) is 0 Å². The minimum absolute atomic E-state index is 0.0104. The van der Waals surface area contributed by atoms with Crippen molar-refractivity contribution in [2.45, 2.75) is 26.9 Å². The average Bonchev–Trinajstić information content (AvgIpc) is 2.25. The van der Waals surface area contributed by atoms with Gasteiger partial charge in [0, 0.05) is 23.9 Å². The van der Waals surface area contributed by atoms with Gasteiger partial charge in [0.05, 0.1) is 5.56 Å². The Morgan fingerprint density at radius 1 is 1.29 bits per heavy atom. The molecule has 0 saturated heterocycles. The maximum absolute atomic E-state index is 12.7. The summed E-state index contributed by atoms with van der Waals surface area (Å²) in [6.07, 6.45) is -2.49. The highest BCUT2D eigenvalue weighted by Crippen LogP contribution is 2.33. The van der Waals surface area contributed by atoms with Gasteiger partial charge in [-0.15, -0.1) is 0 Å². The molecule has 94 valence electrons. The quantitative estimate of drug-likeness (QED) is 0.762. The fourth-order valence-electron chi connectivity index (χ4n) is 1.39. The zero-order valence-electron chi connectivity index (χ0n) is 9.88. The predicted octanol–water partition coefficient (Wildman–Crippen LogP) is 3.58. The van der Waals surface area contributed by atoms with E-state index in [1.165, 1.54) is 0 Å². The SMILES string of the molecule is CC(C)C(C)C(=O)c1cnccc1C(F)(F)F. The molecule has 1 aromatic rings. The molecule has 1 heterocycles. The Kier molecular flexibility index (Phi) is 3.91. The lowest BCUT2D eigenvalue weighted by molar-refractivity contribution is -0.138. The average molecular weight is 245 g/mol. The molecular weight excluding hydrogens is 231 g/mol. The number of aromatic nitrogens is 1. The molecule has 0 aliphatic carbocycles. The van der Waals surface area contributed by atoms with Crippen molar-refractivity contribution in [1.82, 2.24) is 4.98 Å². The second-order valence-electron chi connectivity index (χ2n) is 4.32. The first-order chi connectivity index (χ1) is 7.75. The summed E-state index contributed by atoms with van der Waals surface area (Å²) < 4.78 is 38.1. The molecule has 0 aromatic carbocycles. The first kappa shape index (κ1) is 13.7. The summed E-state index contributed by atoms with van der Waals surface area (Å²) >= 11 is 0. The fourth-order valence-corrected chi connectivity index (χ4v) is 1.39. The Labute approximate surface area is 97.9 Å². The number of halogens is 3. The Morgan fingerprint density at radius 2 is 1.88 bits per heavy atom. The van der Waals surface area contributed by atoms with Crippen LogP contribution in [0.25, 0.3) is 0 Å². The van der Waals surface area contributed by atoms with Crippen LogP contribution in [0.1, 0.15) is 36.7 Å². The van der Waals surface area contributed by atoms with Gasteiger partial charge in [-0.25, -0.2) is 0 Å². The van der Waals surface area contributed by atoms with E-state index >= 15 is 0 Å². The number of carbonyl (C=O) groups is 1. The summed E-state index contributed by atoms with van der Waals surface area (Å²) in [5.41, 5.74) is -1.26. The highest BCUT2D eigenvalue weighted by atomic mass is 19.4. The molecule has 2 nitrogen and oxygen atoms in total. The zero-order valence-corrected chi connectivity index (χ0v) is 9.88. The Hall–Kier alpha value is -1.39. The second-order valence-corrected chi connectivity index (χ2v) is 4.32. The molecular formula is C12H14F3NO. The van der Waals surface area contributed by atoms with Gasteiger partial charge in [-0.05, 0) is 12.0 Å². The number of ketones is 1. The minimum atomic E-state index is -4.52. The topological polar surface area (TPSA) is 30.0 Å². The number of hydrogen-bond acceptors (Lipinski definition) is 2. The van der Waals surface area contributed by atoms with Gasteiger partial charge in [-0.2, -0.15) is 13.2 Å². The number of pyridine rings is 1. The molecule has 1 aromatic heterocycles. The van der Waals surface area contributed by atoms with Gasteiger partial charge in [0.2, 0.25) is 0 Å². The van der Waals surface area contributed by atoms with Crippen molar-refractivity contribution in [1.29, 1.82) is 0 Å². The Balaban J connectivity index is 3.19. The van der Waals surface area contributed by atoms with Crippen molar-refractivity contribution >= 4 is 5.78 Å². The van der Waals surface area contributed by atoms with Crippen molar-refractivity contribution < 1.29 is 18.0 Å². The maximum Gasteiger partial charge on any atom is 0.417 e. The van der Waals surface area contributed by atoms with E-state index in [1.54, 1.807) is 20.8 Å². The molecule has 17 heavy (non-hydrogen) atoms. The molecule has 0 amide bonds. The van der Waals surface area contributed by atoms with Crippen LogP contribution in [0.4, 0.5) is 13.2 Å². The summed E-state index contributed by atoms with van der Waals surface area (Å²) in [6.45, 7) is 5.22. The van der Waals surface area contributed by atoms with E-state index in [9.17, 15) is 18.0 Å². The van der Waals surface area contributed by atoms with Crippen LogP contribution in [-0.2, 0) is 6.18 Å². The van der Waals surface area contributed by atoms with Crippen molar-refractivity contribution in [2.24, 2.45) is 11.8 Å². The van der Waals surface area contributed by atoms with E-state index < -0.39 is 23.4 Å². The second kappa shape index (κ2) is 4.85. The molecule has 0 bridgehead atoms. The lowest BCUT2D eigenvalue weighted by Crippen LogP contribution is -2.21. The molecule has 0 aliphatic rings. The first-order valence-corrected chi connectivity index (χ1v) is 5.30. The smallest absolute Gasteiger partial charge is 0.294 e. The van der Waals surface area contributed by atoms with Gasteiger partial charge >= 0.3 is 6.18 Å². The molecule has 0 aliphatic heterocycles. The van der Waals surface area contributed by atoms with Crippen LogP contribution < -0.4 is 0 Å². The summed E-state index contributed by atoms with van der Waals surface area (Å²) in [6, 6.07) is 0.834. The number of nitrogens with zero attached hydrogens (tertiary/aromatic N) is 1. The molecule has 0 spiro atoms. The van der Waals surface area contributed by atoms with Gasteiger partial charge in [0.15, 0.2) is 5.78 Å². The highest BCUT2D eigenvalue weighted by molar-refractivity contribution is 5.99. The van der Waals surface area contributed by atoms with E-state index in [2.05, 4.69) is 4.98 Å². The van der Waals surface area contributed by atoms with E-state index in [0.717, 1.165) is 18.5 Å². The summed E-state index contributed by atoms with van der Waals surface area (Å²) in [5.74, 6) is -0.982. The molecule has 0 fully saturated rings. The van der Waals surface area contributed by atoms with Crippen molar-refractivity contribution in [2.75, 3.05) is 0 Å². The van der Waals surface area contributed by atoms with Gasteiger partial charge < -0.3 is 0 Å². The third kappa shape index (κ3) is 3.05.